The van der Waals surface area contributed by atoms with E-state index in [0.717, 1.165) is 4.68 Å². The molecule has 9 heteroatoms. The summed E-state index contributed by atoms with van der Waals surface area (Å²) in [4.78, 5) is 23.8. The summed E-state index contributed by atoms with van der Waals surface area (Å²) in [6.45, 7) is -0.130. The van der Waals surface area contributed by atoms with Crippen LogP contribution in [0, 0.1) is 0 Å². The minimum atomic E-state index is -0.822. The first-order chi connectivity index (χ1) is 9.47. The number of halogens is 1. The summed E-state index contributed by atoms with van der Waals surface area (Å²) >= 11 is 7.02. The molecule has 7 nitrogen and oxygen atoms in total. The van der Waals surface area contributed by atoms with Crippen molar-refractivity contribution in [3.8, 4) is 0 Å². The van der Waals surface area contributed by atoms with E-state index in [-0.39, 0.29) is 18.8 Å². The van der Waals surface area contributed by atoms with Gasteiger partial charge in [0.15, 0.2) is 0 Å². The molecule has 0 aliphatic heterocycles. The Morgan fingerprint density at radius 3 is 2.90 bits per heavy atom. The lowest BCUT2D eigenvalue weighted by Crippen LogP contribution is -2.35. The van der Waals surface area contributed by atoms with E-state index >= 15 is 0 Å². The molecule has 1 unspecified atom stereocenters. The molecular formula is C11H13ClN4O3S. The first kappa shape index (κ1) is 14.8. The molecule has 0 saturated carbocycles. The number of hydrogen-bond donors (Lipinski definition) is 2. The van der Waals surface area contributed by atoms with E-state index in [0.29, 0.717) is 9.21 Å². The molecule has 1 amide bonds. The molecule has 0 radical (unpaired) electrons. The van der Waals surface area contributed by atoms with Crippen LogP contribution in [-0.4, -0.2) is 31.9 Å². The zero-order valence-corrected chi connectivity index (χ0v) is 12.2. The van der Waals surface area contributed by atoms with E-state index in [9.17, 15) is 14.7 Å². The monoisotopic (exact) mass is 316 g/mol. The van der Waals surface area contributed by atoms with Gasteiger partial charge in [0.25, 0.3) is 0 Å². The van der Waals surface area contributed by atoms with Crippen molar-refractivity contribution in [1.82, 2.24) is 19.7 Å². The van der Waals surface area contributed by atoms with Gasteiger partial charge in [-0.3, -0.25) is 9.36 Å². The molecule has 0 fully saturated rings. The molecular weight excluding hydrogens is 304 g/mol. The Labute approximate surface area is 123 Å². The number of nitrogens with one attached hydrogen (secondary N) is 1. The molecule has 2 aromatic rings. The Bertz CT molecular complexity index is 663. The fourth-order valence-electron chi connectivity index (χ4n) is 1.54. The number of aliphatic hydroxyl groups excluding tert-OH is 1. The van der Waals surface area contributed by atoms with Crippen LogP contribution in [0.5, 0.6) is 0 Å². The second-order valence-corrected chi connectivity index (χ2v) is 5.89. The van der Waals surface area contributed by atoms with E-state index in [4.69, 9.17) is 11.6 Å². The maximum atomic E-state index is 11.7. The highest BCUT2D eigenvalue weighted by Gasteiger charge is 2.13. The molecule has 2 heterocycles. The smallest absolute Gasteiger partial charge is 0.345 e. The molecule has 20 heavy (non-hydrogen) atoms. The van der Waals surface area contributed by atoms with Crippen molar-refractivity contribution >= 4 is 28.8 Å². The van der Waals surface area contributed by atoms with Gasteiger partial charge in [-0.2, -0.15) is 5.10 Å². The van der Waals surface area contributed by atoms with Gasteiger partial charge in [-0.05, 0) is 12.1 Å². The fourth-order valence-corrected chi connectivity index (χ4v) is 2.59. The van der Waals surface area contributed by atoms with Crippen molar-refractivity contribution in [2.45, 2.75) is 12.6 Å². The normalized spacial score (nSPS) is 12.3. The van der Waals surface area contributed by atoms with Crippen LogP contribution >= 0.6 is 22.9 Å². The quantitative estimate of drug-likeness (QED) is 0.821. The Hall–Kier alpha value is -1.64. The van der Waals surface area contributed by atoms with Gasteiger partial charge in [0.1, 0.15) is 19.0 Å². The predicted octanol–water partition coefficient (Wildman–Crippen LogP) is 0.147. The number of carbonyl (C=O) groups is 1. The van der Waals surface area contributed by atoms with E-state index < -0.39 is 12.0 Å². The summed E-state index contributed by atoms with van der Waals surface area (Å²) in [6, 6.07) is 3.38. The molecule has 2 aromatic heterocycles. The molecule has 0 aliphatic carbocycles. The number of nitrogens with zero attached hydrogens (tertiary/aromatic N) is 3. The van der Waals surface area contributed by atoms with Crippen LogP contribution in [0.15, 0.2) is 23.3 Å². The summed E-state index contributed by atoms with van der Waals surface area (Å²) in [5.41, 5.74) is -0.370. The van der Waals surface area contributed by atoms with Gasteiger partial charge in [0.2, 0.25) is 5.91 Å². The third-order valence-electron chi connectivity index (χ3n) is 2.60. The SMILES string of the molecule is Cn1cnn(CC(=O)NCC(O)c2ccc(Cl)s2)c1=O. The molecule has 2 N–H and O–H groups in total. The maximum absolute atomic E-state index is 11.7. The molecule has 0 saturated heterocycles. The van der Waals surface area contributed by atoms with Crippen molar-refractivity contribution in [2.24, 2.45) is 7.05 Å². The van der Waals surface area contributed by atoms with E-state index in [1.807, 2.05) is 0 Å². The van der Waals surface area contributed by atoms with Crippen molar-refractivity contribution < 1.29 is 9.90 Å². The third kappa shape index (κ3) is 3.47. The number of aromatic nitrogens is 3. The fraction of sp³-hybridized carbons (Fsp3) is 0.364. The van der Waals surface area contributed by atoms with Crippen LogP contribution < -0.4 is 11.0 Å². The second-order valence-electron chi connectivity index (χ2n) is 4.14. The number of aryl methyl sites for hydroxylation is 1. The highest BCUT2D eigenvalue weighted by Crippen LogP contribution is 2.26. The van der Waals surface area contributed by atoms with Crippen molar-refractivity contribution in [2.75, 3.05) is 6.54 Å². The zero-order valence-electron chi connectivity index (χ0n) is 10.6. The zero-order chi connectivity index (χ0) is 14.7. The maximum Gasteiger partial charge on any atom is 0.345 e. The van der Waals surface area contributed by atoms with Gasteiger partial charge in [-0.15, -0.1) is 11.3 Å². The number of amides is 1. The third-order valence-corrected chi connectivity index (χ3v) is 3.93. The number of carbonyl (C=O) groups excluding carboxylic acids is 1. The standard InChI is InChI=1S/C11H13ClN4O3S/c1-15-6-14-16(11(15)19)5-10(18)13-4-7(17)8-2-3-9(12)20-8/h2-3,6-7,17H,4-5H2,1H3,(H,13,18). The summed E-state index contributed by atoms with van der Waals surface area (Å²) in [7, 11) is 1.55. The van der Waals surface area contributed by atoms with Gasteiger partial charge < -0.3 is 10.4 Å². The van der Waals surface area contributed by atoms with Crippen LogP contribution in [-0.2, 0) is 18.4 Å². The van der Waals surface area contributed by atoms with Gasteiger partial charge in [0.05, 0.1) is 4.34 Å². The highest BCUT2D eigenvalue weighted by atomic mass is 35.5. The van der Waals surface area contributed by atoms with E-state index in [1.165, 1.54) is 22.2 Å². The van der Waals surface area contributed by atoms with Gasteiger partial charge in [0, 0.05) is 18.5 Å². The summed E-state index contributed by atoms with van der Waals surface area (Å²) in [5, 5.41) is 16.2. The topological polar surface area (TPSA) is 89.2 Å². The first-order valence-corrected chi connectivity index (χ1v) is 6.95. The van der Waals surface area contributed by atoms with Crippen molar-refractivity contribution in [3.05, 3.63) is 38.2 Å². The summed E-state index contributed by atoms with van der Waals surface area (Å²) in [5.74, 6) is -0.396. The van der Waals surface area contributed by atoms with Crippen LogP contribution in [0.2, 0.25) is 4.34 Å². The van der Waals surface area contributed by atoms with Crippen LogP contribution in [0.1, 0.15) is 11.0 Å². The van der Waals surface area contributed by atoms with Crippen molar-refractivity contribution in [3.63, 3.8) is 0 Å². The Morgan fingerprint density at radius 1 is 1.60 bits per heavy atom. The molecule has 0 bridgehead atoms. The average molecular weight is 317 g/mol. The predicted molar refractivity (Wildman–Crippen MR) is 74.8 cm³/mol. The van der Waals surface area contributed by atoms with Crippen molar-refractivity contribution in [1.29, 1.82) is 0 Å². The Kier molecular flexibility index (Phi) is 4.58. The number of thiophene rings is 1. The summed E-state index contributed by atoms with van der Waals surface area (Å²) in [6.07, 6.45) is 0.509. The lowest BCUT2D eigenvalue weighted by molar-refractivity contribution is -0.122. The second kappa shape index (κ2) is 6.21. The first-order valence-electron chi connectivity index (χ1n) is 5.76. The Morgan fingerprint density at radius 2 is 2.35 bits per heavy atom. The molecule has 2 rings (SSSR count). The van der Waals surface area contributed by atoms with Gasteiger partial charge in [-0.1, -0.05) is 11.6 Å². The molecule has 1 atom stereocenters. The van der Waals surface area contributed by atoms with Crippen LogP contribution in [0.25, 0.3) is 0 Å². The highest BCUT2D eigenvalue weighted by molar-refractivity contribution is 7.16. The molecule has 108 valence electrons. The minimum Gasteiger partial charge on any atom is -0.386 e. The number of aliphatic hydroxyl groups is 1. The van der Waals surface area contributed by atoms with E-state index in [2.05, 4.69) is 10.4 Å². The summed E-state index contributed by atoms with van der Waals surface area (Å²) < 4.78 is 2.89. The lowest BCUT2D eigenvalue weighted by atomic mass is 10.3. The molecule has 0 aromatic carbocycles. The van der Waals surface area contributed by atoms with E-state index in [1.54, 1.807) is 19.2 Å². The number of hydrogen-bond acceptors (Lipinski definition) is 5. The Balaban J connectivity index is 1.86. The van der Waals surface area contributed by atoms with Gasteiger partial charge in [-0.25, -0.2) is 9.48 Å². The molecule has 0 aliphatic rings. The average Bonchev–Trinajstić information content (AvgIpc) is 2.97. The number of rotatable bonds is 5. The lowest BCUT2D eigenvalue weighted by Gasteiger charge is -2.09. The minimum absolute atomic E-state index is 0.0528. The van der Waals surface area contributed by atoms with Crippen LogP contribution in [0.3, 0.4) is 0 Å². The van der Waals surface area contributed by atoms with Crippen LogP contribution in [0.4, 0.5) is 0 Å². The van der Waals surface area contributed by atoms with Gasteiger partial charge >= 0.3 is 5.69 Å². The molecule has 0 spiro atoms. The largest absolute Gasteiger partial charge is 0.386 e.